The van der Waals surface area contributed by atoms with Gasteiger partial charge in [0.2, 0.25) is 0 Å². The molecule has 0 bridgehead atoms. The van der Waals surface area contributed by atoms with Gasteiger partial charge in [-0.2, -0.15) is 5.10 Å². The molecule has 0 amide bonds. The van der Waals surface area contributed by atoms with Crippen molar-refractivity contribution < 1.29 is 4.52 Å². The molecule has 2 aromatic carbocycles. The highest BCUT2D eigenvalue weighted by Gasteiger charge is 2.06. The van der Waals surface area contributed by atoms with Gasteiger partial charge in [0.15, 0.2) is 5.58 Å². The molecule has 0 aliphatic rings. The van der Waals surface area contributed by atoms with E-state index in [1.54, 1.807) is 0 Å². The SMILES string of the molecule is CC.CC.CCc1ccc2c(cnn2C)c1.Cc1noc2cc(C(C)C)ccc12. The molecule has 0 unspecified atom stereocenters. The Kier molecular flexibility index (Phi) is 10.1. The van der Waals surface area contributed by atoms with E-state index < -0.39 is 0 Å². The van der Waals surface area contributed by atoms with Gasteiger partial charge in [0.25, 0.3) is 0 Å². The van der Waals surface area contributed by atoms with Gasteiger partial charge in [-0.15, -0.1) is 0 Å². The second-order valence-corrected chi connectivity index (χ2v) is 6.69. The molecule has 0 atom stereocenters. The van der Waals surface area contributed by atoms with Gasteiger partial charge in [-0.25, -0.2) is 0 Å². The highest BCUT2D eigenvalue weighted by Crippen LogP contribution is 2.23. The first kappa shape index (κ1) is 24.4. The van der Waals surface area contributed by atoms with Crippen molar-refractivity contribution in [1.29, 1.82) is 0 Å². The molecule has 0 saturated carbocycles. The Morgan fingerprint density at radius 2 is 1.69 bits per heavy atom. The predicted octanol–water partition coefficient (Wildman–Crippen LogP) is 7.45. The third kappa shape index (κ3) is 6.18. The van der Waals surface area contributed by atoms with E-state index in [1.165, 1.54) is 22.0 Å². The Bertz CT molecular complexity index is 996. The molecule has 4 heteroatoms. The maximum atomic E-state index is 5.19. The normalized spacial score (nSPS) is 10.0. The maximum Gasteiger partial charge on any atom is 0.167 e. The fourth-order valence-corrected chi connectivity index (χ4v) is 2.87. The van der Waals surface area contributed by atoms with Crippen molar-refractivity contribution >= 4 is 21.9 Å². The van der Waals surface area contributed by atoms with Gasteiger partial charge in [0.1, 0.15) is 0 Å². The van der Waals surface area contributed by atoms with E-state index in [0.717, 1.165) is 23.1 Å². The number of hydrogen-bond donors (Lipinski definition) is 0. The first-order valence-corrected chi connectivity index (χ1v) is 10.8. The molecule has 4 rings (SSSR count). The quantitative estimate of drug-likeness (QED) is 0.354. The largest absolute Gasteiger partial charge is 0.356 e. The van der Waals surface area contributed by atoms with Crippen LogP contribution in [0.15, 0.2) is 47.1 Å². The number of benzene rings is 2. The smallest absolute Gasteiger partial charge is 0.167 e. The van der Waals surface area contributed by atoms with Gasteiger partial charge in [-0.3, -0.25) is 4.68 Å². The minimum Gasteiger partial charge on any atom is -0.356 e. The van der Waals surface area contributed by atoms with Gasteiger partial charge in [0, 0.05) is 17.8 Å². The van der Waals surface area contributed by atoms with Crippen molar-refractivity contribution in [2.45, 2.75) is 67.7 Å². The van der Waals surface area contributed by atoms with Crippen molar-refractivity contribution in [2.24, 2.45) is 7.05 Å². The highest BCUT2D eigenvalue weighted by molar-refractivity contribution is 5.80. The fraction of sp³-hybridized carbons (Fsp3) is 0.440. The summed E-state index contributed by atoms with van der Waals surface area (Å²) in [6.07, 6.45) is 3.00. The maximum absolute atomic E-state index is 5.19. The van der Waals surface area contributed by atoms with Crippen LogP contribution in [0.4, 0.5) is 0 Å². The summed E-state index contributed by atoms with van der Waals surface area (Å²) in [6, 6.07) is 12.8. The molecule has 0 saturated heterocycles. The molecular formula is C25H37N3O. The van der Waals surface area contributed by atoms with Gasteiger partial charge in [-0.1, -0.05) is 65.8 Å². The van der Waals surface area contributed by atoms with Crippen LogP contribution in [0.3, 0.4) is 0 Å². The van der Waals surface area contributed by atoms with Crippen LogP contribution in [0.2, 0.25) is 0 Å². The molecule has 158 valence electrons. The standard InChI is InChI=1S/C11H13NO.C10H12N2.2C2H6/c1-7(2)9-4-5-10-8(3)12-13-11(10)6-9;1-3-8-4-5-10-9(6-8)7-11-12(10)2;2*1-2/h4-7H,1-3H3;4-7H,3H2,1-2H3;2*1-2H3. The first-order valence-electron chi connectivity index (χ1n) is 10.8. The number of fused-ring (bicyclic) bond motifs is 2. The summed E-state index contributed by atoms with van der Waals surface area (Å²) < 4.78 is 7.09. The molecule has 0 N–H and O–H groups in total. The summed E-state index contributed by atoms with van der Waals surface area (Å²) >= 11 is 0. The lowest BCUT2D eigenvalue weighted by Gasteiger charge is -2.02. The number of rotatable bonds is 2. The highest BCUT2D eigenvalue weighted by atomic mass is 16.5. The lowest BCUT2D eigenvalue weighted by atomic mass is 10.0. The molecule has 2 heterocycles. The minimum absolute atomic E-state index is 0.537. The molecule has 0 spiro atoms. The molecule has 4 nitrogen and oxygen atoms in total. The second kappa shape index (κ2) is 12.1. The average Bonchev–Trinajstić information content (AvgIpc) is 3.33. The summed E-state index contributed by atoms with van der Waals surface area (Å²) in [5.74, 6) is 0.537. The lowest BCUT2D eigenvalue weighted by molar-refractivity contribution is 0.450. The molecule has 0 fully saturated rings. The lowest BCUT2D eigenvalue weighted by Crippen LogP contribution is -1.88. The number of aromatic nitrogens is 3. The molecule has 4 aromatic rings. The topological polar surface area (TPSA) is 43.9 Å². The first-order chi connectivity index (χ1) is 14.0. The summed E-state index contributed by atoms with van der Waals surface area (Å²) in [5.41, 5.74) is 5.72. The number of hydrogen-bond acceptors (Lipinski definition) is 3. The van der Waals surface area contributed by atoms with Gasteiger partial charge in [-0.05, 0) is 54.7 Å². The Labute approximate surface area is 175 Å². The molecule has 0 aliphatic heterocycles. The van der Waals surface area contributed by atoms with E-state index in [4.69, 9.17) is 4.52 Å². The summed E-state index contributed by atoms with van der Waals surface area (Å²) in [4.78, 5) is 0. The van der Waals surface area contributed by atoms with Crippen LogP contribution in [-0.4, -0.2) is 14.9 Å². The van der Waals surface area contributed by atoms with Crippen LogP contribution < -0.4 is 0 Å². The van der Waals surface area contributed by atoms with E-state index in [2.05, 4.69) is 67.4 Å². The van der Waals surface area contributed by atoms with Crippen LogP contribution in [0.5, 0.6) is 0 Å². The third-order valence-electron chi connectivity index (χ3n) is 4.56. The van der Waals surface area contributed by atoms with Crippen molar-refractivity contribution in [3.63, 3.8) is 0 Å². The van der Waals surface area contributed by atoms with E-state index >= 15 is 0 Å². The average molecular weight is 396 g/mol. The van der Waals surface area contributed by atoms with Gasteiger partial charge < -0.3 is 4.52 Å². The van der Waals surface area contributed by atoms with Crippen LogP contribution in [0.25, 0.3) is 21.9 Å². The Morgan fingerprint density at radius 3 is 2.31 bits per heavy atom. The molecule has 0 radical (unpaired) electrons. The Morgan fingerprint density at radius 1 is 1.00 bits per heavy atom. The van der Waals surface area contributed by atoms with Crippen LogP contribution in [-0.2, 0) is 13.5 Å². The summed E-state index contributed by atoms with van der Waals surface area (Å²) in [5, 5.41) is 10.5. The van der Waals surface area contributed by atoms with E-state index in [1.807, 2.05) is 52.5 Å². The fourth-order valence-electron chi connectivity index (χ4n) is 2.87. The summed E-state index contributed by atoms with van der Waals surface area (Å²) in [7, 11) is 1.97. The van der Waals surface area contributed by atoms with Gasteiger partial charge >= 0.3 is 0 Å². The van der Waals surface area contributed by atoms with E-state index in [0.29, 0.717) is 5.92 Å². The van der Waals surface area contributed by atoms with Gasteiger partial charge in [0.05, 0.1) is 17.4 Å². The van der Waals surface area contributed by atoms with E-state index in [-0.39, 0.29) is 0 Å². The van der Waals surface area contributed by atoms with Crippen molar-refractivity contribution in [2.75, 3.05) is 0 Å². The second-order valence-electron chi connectivity index (χ2n) is 6.69. The van der Waals surface area contributed by atoms with Crippen molar-refractivity contribution in [3.8, 4) is 0 Å². The number of nitrogens with zero attached hydrogens (tertiary/aromatic N) is 3. The Balaban J connectivity index is 0.000000248. The van der Waals surface area contributed by atoms with E-state index in [9.17, 15) is 0 Å². The third-order valence-corrected chi connectivity index (χ3v) is 4.56. The number of aryl methyl sites for hydroxylation is 3. The zero-order chi connectivity index (χ0) is 22.0. The molecule has 2 aromatic heterocycles. The van der Waals surface area contributed by atoms with Crippen molar-refractivity contribution in [3.05, 3.63) is 59.4 Å². The molecule has 29 heavy (non-hydrogen) atoms. The zero-order valence-corrected chi connectivity index (χ0v) is 19.6. The summed E-state index contributed by atoms with van der Waals surface area (Å²) in [6.45, 7) is 16.5. The monoisotopic (exact) mass is 395 g/mol. The molecular weight excluding hydrogens is 358 g/mol. The Hall–Kier alpha value is -2.62. The zero-order valence-electron chi connectivity index (χ0n) is 19.6. The minimum atomic E-state index is 0.537. The molecule has 0 aliphatic carbocycles. The predicted molar refractivity (Wildman–Crippen MR) is 126 cm³/mol. The van der Waals surface area contributed by atoms with Crippen LogP contribution in [0.1, 0.15) is 71.2 Å². The van der Waals surface area contributed by atoms with Crippen molar-refractivity contribution in [1.82, 2.24) is 14.9 Å². The van der Waals surface area contributed by atoms with Crippen LogP contribution >= 0.6 is 0 Å². The van der Waals surface area contributed by atoms with Crippen LogP contribution in [0, 0.1) is 6.92 Å².